The lowest BCUT2D eigenvalue weighted by atomic mass is 10.2. The highest BCUT2D eigenvalue weighted by molar-refractivity contribution is 7.98. The summed E-state index contributed by atoms with van der Waals surface area (Å²) in [5, 5.41) is 0.734. The molecule has 0 saturated heterocycles. The smallest absolute Gasteiger partial charge is 0.260 e. The fourth-order valence-electron chi connectivity index (χ4n) is 3.11. The van der Waals surface area contributed by atoms with Crippen molar-refractivity contribution in [2.24, 2.45) is 0 Å². The quantitative estimate of drug-likeness (QED) is 0.394. The van der Waals surface area contributed by atoms with Crippen molar-refractivity contribution >= 4 is 56.8 Å². The van der Waals surface area contributed by atoms with Crippen LogP contribution in [0.2, 0.25) is 0 Å². The maximum atomic E-state index is 13.4. The van der Waals surface area contributed by atoms with E-state index >= 15 is 0 Å². The molecule has 2 aromatic carbocycles. The lowest BCUT2D eigenvalue weighted by Gasteiger charge is -2.24. The summed E-state index contributed by atoms with van der Waals surface area (Å²) in [5.41, 5.74) is 1.53. The van der Waals surface area contributed by atoms with Gasteiger partial charge in [-0.1, -0.05) is 31.3 Å². The molecule has 0 unspecified atom stereocenters. The molecule has 3 aromatic rings. The number of rotatable bonds is 9. The molecule has 8 heteroatoms. The van der Waals surface area contributed by atoms with Crippen molar-refractivity contribution in [3.63, 3.8) is 0 Å². The molecule has 0 aliphatic carbocycles. The van der Waals surface area contributed by atoms with Gasteiger partial charge in [-0.3, -0.25) is 9.69 Å². The normalized spacial score (nSPS) is 10.8. The van der Waals surface area contributed by atoms with Crippen LogP contribution in [-0.2, 0) is 0 Å². The van der Waals surface area contributed by atoms with Crippen LogP contribution in [0, 0.1) is 0 Å². The van der Waals surface area contributed by atoms with Crippen molar-refractivity contribution in [1.29, 1.82) is 0 Å². The number of carbonyl (C=O) groups excluding carboxylic acids is 1. The number of amides is 1. The number of halogens is 1. The minimum Gasteiger partial charge on any atom is -0.497 e. The van der Waals surface area contributed by atoms with E-state index in [-0.39, 0.29) is 18.3 Å². The standard InChI is InChI=1S/C22H27N3O2S2.ClH/c1-5-24(6-2)12-13-25(21(26)16-8-7-9-17(14-16)27-3)22-23-19-11-10-18(28-4)15-20(19)29-22;/h7-11,14-15H,5-6,12-13H2,1-4H3;1H. The molecule has 0 saturated carbocycles. The Morgan fingerprint density at radius 3 is 2.57 bits per heavy atom. The SMILES string of the molecule is CCN(CC)CCN(C(=O)c1cccc(OC)c1)c1nc2ccc(SC)cc2s1.Cl. The number of carbonyl (C=O) groups is 1. The third kappa shape index (κ3) is 5.66. The molecule has 0 aliphatic rings. The van der Waals surface area contributed by atoms with Gasteiger partial charge >= 0.3 is 0 Å². The van der Waals surface area contributed by atoms with Crippen LogP contribution in [0.3, 0.4) is 0 Å². The predicted molar refractivity (Wildman–Crippen MR) is 131 cm³/mol. The first-order valence-corrected chi connectivity index (χ1v) is 11.8. The maximum absolute atomic E-state index is 13.4. The number of hydrogen-bond acceptors (Lipinski definition) is 6. The first-order valence-electron chi connectivity index (χ1n) is 9.72. The first-order chi connectivity index (χ1) is 14.1. The number of fused-ring (bicyclic) bond motifs is 1. The summed E-state index contributed by atoms with van der Waals surface area (Å²) in [6.45, 7) is 7.57. The second-order valence-corrected chi connectivity index (χ2v) is 8.43. The van der Waals surface area contributed by atoms with Crippen molar-refractivity contribution in [3.05, 3.63) is 48.0 Å². The predicted octanol–water partition coefficient (Wildman–Crippen LogP) is 5.44. The zero-order valence-electron chi connectivity index (χ0n) is 17.8. The van der Waals surface area contributed by atoms with E-state index in [2.05, 4.69) is 37.1 Å². The lowest BCUT2D eigenvalue weighted by molar-refractivity contribution is 0.0983. The van der Waals surface area contributed by atoms with Gasteiger partial charge in [-0.25, -0.2) is 4.98 Å². The van der Waals surface area contributed by atoms with Gasteiger partial charge < -0.3 is 9.64 Å². The van der Waals surface area contributed by atoms with E-state index in [0.717, 1.165) is 35.0 Å². The van der Waals surface area contributed by atoms with Crippen LogP contribution < -0.4 is 9.64 Å². The molecule has 0 radical (unpaired) electrons. The number of likely N-dealkylation sites (N-methyl/N-ethyl adjacent to an activating group) is 1. The fourth-order valence-corrected chi connectivity index (χ4v) is 4.66. The van der Waals surface area contributed by atoms with Gasteiger partial charge in [-0.2, -0.15) is 0 Å². The summed E-state index contributed by atoms with van der Waals surface area (Å²) in [6, 6.07) is 13.5. The molecule has 5 nitrogen and oxygen atoms in total. The molecule has 0 atom stereocenters. The highest BCUT2D eigenvalue weighted by Gasteiger charge is 2.22. The Morgan fingerprint density at radius 2 is 1.90 bits per heavy atom. The van der Waals surface area contributed by atoms with E-state index in [4.69, 9.17) is 9.72 Å². The zero-order valence-corrected chi connectivity index (χ0v) is 20.2. The number of thiazole rings is 1. The van der Waals surface area contributed by atoms with Crippen molar-refractivity contribution in [2.75, 3.05) is 44.4 Å². The summed E-state index contributed by atoms with van der Waals surface area (Å²) in [5.74, 6) is 0.619. The Balaban J connectivity index is 0.00000320. The summed E-state index contributed by atoms with van der Waals surface area (Å²) in [6.07, 6.45) is 2.06. The second-order valence-electron chi connectivity index (χ2n) is 6.55. The highest BCUT2D eigenvalue weighted by atomic mass is 35.5. The number of nitrogens with zero attached hydrogens (tertiary/aromatic N) is 3. The van der Waals surface area contributed by atoms with Gasteiger partial charge in [0.1, 0.15) is 5.75 Å². The van der Waals surface area contributed by atoms with Crippen molar-refractivity contribution in [1.82, 2.24) is 9.88 Å². The summed E-state index contributed by atoms with van der Waals surface area (Å²) in [4.78, 5) is 23.5. The van der Waals surface area contributed by atoms with Crippen LogP contribution in [0.5, 0.6) is 5.75 Å². The topological polar surface area (TPSA) is 45.7 Å². The van der Waals surface area contributed by atoms with E-state index < -0.39 is 0 Å². The van der Waals surface area contributed by atoms with Crippen LogP contribution in [0.25, 0.3) is 10.2 Å². The fraction of sp³-hybridized carbons (Fsp3) is 0.364. The number of anilines is 1. The van der Waals surface area contributed by atoms with Crippen molar-refractivity contribution in [3.8, 4) is 5.75 Å². The molecule has 1 heterocycles. The number of thioether (sulfide) groups is 1. The minimum absolute atomic E-state index is 0. The van der Waals surface area contributed by atoms with Gasteiger partial charge in [-0.05, 0) is 55.7 Å². The van der Waals surface area contributed by atoms with E-state index in [1.807, 2.05) is 24.3 Å². The molecular weight excluding hydrogens is 438 g/mol. The van der Waals surface area contributed by atoms with Crippen LogP contribution in [-0.4, -0.2) is 55.3 Å². The number of aromatic nitrogens is 1. The van der Waals surface area contributed by atoms with E-state index in [1.54, 1.807) is 41.2 Å². The van der Waals surface area contributed by atoms with Gasteiger partial charge in [0.15, 0.2) is 5.13 Å². The molecule has 1 aromatic heterocycles. The van der Waals surface area contributed by atoms with Gasteiger partial charge in [0.2, 0.25) is 0 Å². The Hall–Kier alpha value is -1.80. The van der Waals surface area contributed by atoms with Crippen LogP contribution in [0.15, 0.2) is 47.4 Å². The molecule has 0 N–H and O–H groups in total. The number of benzene rings is 2. The summed E-state index contributed by atoms with van der Waals surface area (Å²) >= 11 is 3.27. The largest absolute Gasteiger partial charge is 0.497 e. The molecular formula is C22H28ClN3O2S2. The van der Waals surface area contributed by atoms with E-state index in [9.17, 15) is 4.79 Å². The van der Waals surface area contributed by atoms with Gasteiger partial charge in [0.05, 0.1) is 17.3 Å². The molecule has 0 aliphatic heterocycles. The minimum atomic E-state index is -0.0554. The molecule has 3 rings (SSSR count). The second kappa shape index (κ2) is 11.6. The Bertz CT molecular complexity index is 976. The van der Waals surface area contributed by atoms with Crippen molar-refractivity contribution < 1.29 is 9.53 Å². The number of hydrogen-bond donors (Lipinski definition) is 0. The molecule has 1 amide bonds. The third-order valence-corrected chi connectivity index (χ3v) is 6.68. The monoisotopic (exact) mass is 465 g/mol. The third-order valence-electron chi connectivity index (χ3n) is 4.91. The summed E-state index contributed by atoms with van der Waals surface area (Å²) < 4.78 is 6.40. The molecule has 162 valence electrons. The average molecular weight is 466 g/mol. The average Bonchev–Trinajstić information content (AvgIpc) is 3.19. The molecule has 0 spiro atoms. The van der Waals surface area contributed by atoms with Crippen LogP contribution >= 0.6 is 35.5 Å². The van der Waals surface area contributed by atoms with Crippen molar-refractivity contribution in [2.45, 2.75) is 18.7 Å². The van der Waals surface area contributed by atoms with Gasteiger partial charge in [0.25, 0.3) is 5.91 Å². The number of ether oxygens (including phenoxy) is 1. The van der Waals surface area contributed by atoms with Crippen LogP contribution in [0.4, 0.5) is 5.13 Å². The Labute approximate surface area is 192 Å². The molecule has 30 heavy (non-hydrogen) atoms. The molecule has 0 bridgehead atoms. The Kier molecular flexibility index (Phi) is 9.42. The molecule has 0 fully saturated rings. The lowest BCUT2D eigenvalue weighted by Crippen LogP contribution is -2.38. The highest BCUT2D eigenvalue weighted by Crippen LogP contribution is 2.32. The maximum Gasteiger partial charge on any atom is 0.260 e. The van der Waals surface area contributed by atoms with E-state index in [1.165, 1.54) is 4.90 Å². The van der Waals surface area contributed by atoms with Gasteiger partial charge in [-0.15, -0.1) is 24.2 Å². The van der Waals surface area contributed by atoms with Crippen LogP contribution in [0.1, 0.15) is 24.2 Å². The first kappa shape index (κ1) is 24.5. The summed E-state index contributed by atoms with van der Waals surface area (Å²) in [7, 11) is 1.61. The zero-order chi connectivity index (χ0) is 20.8. The van der Waals surface area contributed by atoms with E-state index in [0.29, 0.717) is 17.9 Å². The number of methoxy groups -OCH3 is 1. The van der Waals surface area contributed by atoms with Gasteiger partial charge in [0, 0.05) is 23.5 Å². The Morgan fingerprint density at radius 1 is 1.13 bits per heavy atom.